The fraction of sp³-hybridized carbons (Fsp3) is 0.885. The third-order valence-corrected chi connectivity index (χ3v) is 4.69. The highest BCUT2D eigenvalue weighted by molar-refractivity contribution is 9.09. The minimum Gasteiger partial charge on any atom is -0.463 e. The molecule has 0 aromatic carbocycles. The Morgan fingerprint density at radius 3 is 1.58 bits per heavy atom. The number of rotatable bonds is 12. The van der Waals surface area contributed by atoms with Gasteiger partial charge in [0.2, 0.25) is 0 Å². The number of halogens is 1. The van der Waals surface area contributed by atoms with E-state index < -0.39 is 23.4 Å². The van der Waals surface area contributed by atoms with Gasteiger partial charge in [-0.25, -0.2) is 9.59 Å². The van der Waals surface area contributed by atoms with Crippen LogP contribution in [0.15, 0.2) is 0 Å². The molecule has 2 unspecified atom stereocenters. The van der Waals surface area contributed by atoms with Gasteiger partial charge in [0.15, 0.2) is 0 Å². The van der Waals surface area contributed by atoms with E-state index in [0.717, 1.165) is 24.6 Å². The average Bonchev–Trinajstić information content (AvgIpc) is 2.66. The van der Waals surface area contributed by atoms with Crippen LogP contribution in [0.4, 0.5) is 9.59 Å². The molecule has 0 aliphatic carbocycles. The molecule has 0 bridgehead atoms. The van der Waals surface area contributed by atoms with Gasteiger partial charge in [0.05, 0.1) is 18.7 Å². The third-order valence-electron chi connectivity index (χ3n) is 4.13. The third kappa shape index (κ3) is 25.5. The number of nitrogens with one attached hydrogen (secondary N) is 2. The van der Waals surface area contributed by atoms with Crippen LogP contribution in [0.25, 0.3) is 0 Å². The molecular weight excluding hydrogens is 532 g/mol. The first-order valence-electron chi connectivity index (χ1n) is 12.7. The van der Waals surface area contributed by atoms with Crippen LogP contribution in [0.5, 0.6) is 0 Å². The standard InChI is InChI=1S/C15H28BrNO4.C11H23NO3/c1-11(2)9-12(10-20-13(18)7-6-8-16)17-14(19)21-15(3,4)5;1-8(2)6-9(7-13)12-10(14)15-11(3,4)5/h11-12H,6-10H2,1-5H3,(H,17,19);8-9,13H,6-7H2,1-5H3,(H,12,14). The number of alkyl halides is 1. The van der Waals surface area contributed by atoms with Gasteiger partial charge in [-0.1, -0.05) is 43.6 Å². The minimum atomic E-state index is -0.543. The van der Waals surface area contributed by atoms with Crippen LogP contribution in [0.1, 0.15) is 94.9 Å². The van der Waals surface area contributed by atoms with E-state index >= 15 is 0 Å². The molecule has 2 amide bonds. The second-order valence-corrected chi connectivity index (χ2v) is 12.4. The summed E-state index contributed by atoms with van der Waals surface area (Å²) in [6, 6.07) is -0.451. The number of alkyl carbamates (subject to hydrolysis) is 2. The molecule has 3 N–H and O–H groups in total. The molecule has 0 aliphatic heterocycles. The lowest BCUT2D eigenvalue weighted by Gasteiger charge is -2.24. The molecule has 0 heterocycles. The van der Waals surface area contributed by atoms with E-state index in [4.69, 9.17) is 19.3 Å². The monoisotopic (exact) mass is 582 g/mol. The largest absolute Gasteiger partial charge is 0.463 e. The van der Waals surface area contributed by atoms with Crippen LogP contribution >= 0.6 is 15.9 Å². The number of amides is 2. The Balaban J connectivity index is 0. The Hall–Kier alpha value is -1.55. The fourth-order valence-corrected chi connectivity index (χ4v) is 3.19. The van der Waals surface area contributed by atoms with Crippen molar-refractivity contribution in [1.82, 2.24) is 10.6 Å². The van der Waals surface area contributed by atoms with E-state index in [-0.39, 0.29) is 31.3 Å². The van der Waals surface area contributed by atoms with Crippen LogP contribution in [0, 0.1) is 11.8 Å². The van der Waals surface area contributed by atoms with Crippen molar-refractivity contribution in [3.8, 4) is 0 Å². The summed E-state index contributed by atoms with van der Waals surface area (Å²) < 4.78 is 15.5. The van der Waals surface area contributed by atoms with Crippen molar-refractivity contribution >= 4 is 34.1 Å². The molecule has 0 rings (SSSR count). The minimum absolute atomic E-state index is 0.0581. The van der Waals surface area contributed by atoms with Crippen molar-refractivity contribution in [3.05, 3.63) is 0 Å². The summed E-state index contributed by atoms with van der Waals surface area (Å²) in [5.74, 6) is 0.567. The number of carbonyl (C=O) groups excluding carboxylic acids is 3. The van der Waals surface area contributed by atoms with E-state index in [1.165, 1.54) is 0 Å². The first kappa shape index (κ1) is 36.6. The highest BCUT2D eigenvalue weighted by atomic mass is 79.9. The zero-order chi connectivity index (χ0) is 28.5. The maximum atomic E-state index is 11.8. The molecule has 36 heavy (non-hydrogen) atoms. The Kier molecular flexibility index (Phi) is 19.0. The lowest BCUT2D eigenvalue weighted by molar-refractivity contribution is -0.144. The zero-order valence-electron chi connectivity index (χ0n) is 24.0. The maximum absolute atomic E-state index is 11.8. The maximum Gasteiger partial charge on any atom is 0.407 e. The second-order valence-electron chi connectivity index (χ2n) is 11.6. The Bertz CT molecular complexity index is 629. The first-order valence-corrected chi connectivity index (χ1v) is 13.8. The number of hydrogen-bond donors (Lipinski definition) is 3. The Morgan fingerprint density at radius 1 is 0.806 bits per heavy atom. The number of aliphatic hydroxyl groups is 1. The molecule has 9 nitrogen and oxygen atoms in total. The molecule has 0 saturated heterocycles. The first-order chi connectivity index (χ1) is 16.4. The summed E-state index contributed by atoms with van der Waals surface area (Å²) in [6.45, 7) is 19.2. The van der Waals surface area contributed by atoms with Gasteiger partial charge >= 0.3 is 18.2 Å². The summed E-state index contributed by atoms with van der Waals surface area (Å²) in [6.07, 6.45) is 1.65. The van der Waals surface area contributed by atoms with Gasteiger partial charge in [-0.15, -0.1) is 0 Å². The van der Waals surface area contributed by atoms with Gasteiger partial charge < -0.3 is 30.0 Å². The summed E-state index contributed by atoms with van der Waals surface area (Å²) in [4.78, 5) is 34.7. The topological polar surface area (TPSA) is 123 Å². The Morgan fingerprint density at radius 2 is 1.22 bits per heavy atom. The van der Waals surface area contributed by atoms with Gasteiger partial charge in [-0.2, -0.15) is 0 Å². The molecule has 10 heteroatoms. The molecule has 0 fully saturated rings. The number of esters is 1. The molecular formula is C26H51BrN2O7. The average molecular weight is 584 g/mol. The van der Waals surface area contributed by atoms with E-state index in [2.05, 4.69) is 40.4 Å². The van der Waals surface area contributed by atoms with Crippen molar-refractivity contribution in [2.45, 2.75) is 118 Å². The molecule has 0 saturated carbocycles. The quantitative estimate of drug-likeness (QED) is 0.156. The molecule has 2 atom stereocenters. The van der Waals surface area contributed by atoms with E-state index in [1.807, 2.05) is 55.4 Å². The van der Waals surface area contributed by atoms with Gasteiger partial charge in [-0.3, -0.25) is 4.79 Å². The lowest BCUT2D eigenvalue weighted by atomic mass is 10.0. The second kappa shape index (κ2) is 18.7. The highest BCUT2D eigenvalue weighted by Gasteiger charge is 2.22. The zero-order valence-corrected chi connectivity index (χ0v) is 25.6. The number of aliphatic hydroxyl groups excluding tert-OH is 1. The molecule has 0 aromatic rings. The van der Waals surface area contributed by atoms with Gasteiger partial charge in [-0.05, 0) is 72.6 Å². The SMILES string of the molecule is CC(C)CC(CO)NC(=O)OC(C)(C)C.CC(C)CC(COC(=O)CCCBr)NC(=O)OC(C)(C)C. The van der Waals surface area contributed by atoms with Crippen LogP contribution in [0.3, 0.4) is 0 Å². The van der Waals surface area contributed by atoms with Gasteiger partial charge in [0.1, 0.15) is 17.8 Å². The summed E-state index contributed by atoms with van der Waals surface area (Å²) in [7, 11) is 0. The van der Waals surface area contributed by atoms with E-state index in [0.29, 0.717) is 18.3 Å². The van der Waals surface area contributed by atoms with Crippen molar-refractivity contribution in [2.75, 3.05) is 18.5 Å². The van der Waals surface area contributed by atoms with Crippen LogP contribution in [-0.2, 0) is 19.0 Å². The van der Waals surface area contributed by atoms with Crippen molar-refractivity contribution in [2.24, 2.45) is 11.8 Å². The summed E-state index contributed by atoms with van der Waals surface area (Å²) >= 11 is 3.27. The molecule has 214 valence electrons. The predicted molar refractivity (Wildman–Crippen MR) is 146 cm³/mol. The predicted octanol–water partition coefficient (Wildman–Crippen LogP) is 5.56. The normalized spacial score (nSPS) is 13.3. The van der Waals surface area contributed by atoms with Gasteiger partial charge in [0, 0.05) is 11.8 Å². The van der Waals surface area contributed by atoms with Crippen LogP contribution in [0.2, 0.25) is 0 Å². The highest BCUT2D eigenvalue weighted by Crippen LogP contribution is 2.11. The number of ether oxygens (including phenoxy) is 3. The van der Waals surface area contributed by atoms with Crippen molar-refractivity contribution < 1.29 is 33.7 Å². The molecule has 0 radical (unpaired) electrons. The lowest BCUT2D eigenvalue weighted by Crippen LogP contribution is -2.42. The van der Waals surface area contributed by atoms with Crippen molar-refractivity contribution in [3.63, 3.8) is 0 Å². The van der Waals surface area contributed by atoms with Crippen LogP contribution < -0.4 is 10.6 Å². The molecule has 0 aliphatic rings. The van der Waals surface area contributed by atoms with E-state index in [9.17, 15) is 14.4 Å². The number of carbonyl (C=O) groups is 3. The number of hydrogen-bond acceptors (Lipinski definition) is 7. The van der Waals surface area contributed by atoms with E-state index in [1.54, 1.807) is 0 Å². The Labute approximate surface area is 226 Å². The molecule has 0 spiro atoms. The molecule has 0 aromatic heterocycles. The van der Waals surface area contributed by atoms with Crippen molar-refractivity contribution in [1.29, 1.82) is 0 Å². The summed E-state index contributed by atoms with van der Waals surface area (Å²) in [5.41, 5.74) is -1.04. The smallest absolute Gasteiger partial charge is 0.407 e. The van der Waals surface area contributed by atoms with Gasteiger partial charge in [0.25, 0.3) is 0 Å². The van der Waals surface area contributed by atoms with Crippen LogP contribution in [-0.4, -0.2) is 65.1 Å². The fourth-order valence-electron chi connectivity index (χ4n) is 2.91. The summed E-state index contributed by atoms with van der Waals surface area (Å²) in [5, 5.41) is 15.2.